The van der Waals surface area contributed by atoms with Gasteiger partial charge in [0.15, 0.2) is 11.4 Å². The van der Waals surface area contributed by atoms with Crippen molar-refractivity contribution in [1.82, 2.24) is 30.6 Å². The fourth-order valence-electron chi connectivity index (χ4n) is 3.16. The van der Waals surface area contributed by atoms with Crippen LogP contribution < -0.4 is 0 Å². The van der Waals surface area contributed by atoms with Crippen molar-refractivity contribution in [3.63, 3.8) is 0 Å². The highest BCUT2D eigenvalue weighted by atomic mass is 16.6. The number of hydrogen-bond donors (Lipinski definition) is 2. The van der Waals surface area contributed by atoms with E-state index in [9.17, 15) is 0 Å². The molecule has 0 unspecified atom stereocenters. The molecule has 0 fully saturated rings. The summed E-state index contributed by atoms with van der Waals surface area (Å²) in [5.41, 5.74) is 4.14. The van der Waals surface area contributed by atoms with Gasteiger partial charge in [0.05, 0.1) is 24.5 Å². The van der Waals surface area contributed by atoms with Gasteiger partial charge >= 0.3 is 0 Å². The molecule has 0 aliphatic carbocycles. The monoisotopic (exact) mass is 470 g/mol. The van der Waals surface area contributed by atoms with E-state index in [0.717, 1.165) is 11.1 Å². The number of nitrogens with one attached hydrogen (secondary N) is 2. The lowest BCUT2D eigenvalue weighted by Gasteiger charge is -2.01. The summed E-state index contributed by atoms with van der Waals surface area (Å²) >= 11 is 0. The first kappa shape index (κ1) is 23.4. The molecule has 0 aromatic carbocycles. The molecule has 4 aromatic rings. The maximum absolute atomic E-state index is 8.27. The molecule has 4 aromatic heterocycles. The summed E-state index contributed by atoms with van der Waals surface area (Å²) < 4.78 is 9.72. The molecule has 0 amide bonds. The number of hydrogen-bond acceptors (Lipinski definition) is 12. The second-order valence-corrected chi connectivity index (χ2v) is 7.43. The molecule has 2 N–H and O–H groups in total. The highest BCUT2D eigenvalue weighted by Gasteiger charge is 2.17. The molecular formula is C23H22N10O2. The molecule has 4 rings (SSSR count). The van der Waals surface area contributed by atoms with E-state index in [2.05, 4.69) is 40.6 Å². The van der Waals surface area contributed by atoms with Crippen molar-refractivity contribution in [3.05, 3.63) is 83.0 Å². The molecule has 35 heavy (non-hydrogen) atoms. The van der Waals surface area contributed by atoms with Crippen molar-refractivity contribution in [2.45, 2.75) is 19.3 Å². The highest BCUT2D eigenvalue weighted by molar-refractivity contribution is 6.00. The topological polar surface area (TPSA) is 176 Å². The van der Waals surface area contributed by atoms with E-state index >= 15 is 0 Å². The second-order valence-electron chi connectivity index (χ2n) is 7.43. The van der Waals surface area contributed by atoms with Crippen LogP contribution in [0.1, 0.15) is 40.3 Å². The molecular weight excluding hydrogens is 448 g/mol. The predicted molar refractivity (Wildman–Crippen MR) is 128 cm³/mol. The van der Waals surface area contributed by atoms with Crippen LogP contribution in [0.2, 0.25) is 0 Å². The number of aliphatic imine (C=N–C) groups is 2. The van der Waals surface area contributed by atoms with Gasteiger partial charge in [0.1, 0.15) is 11.4 Å². The van der Waals surface area contributed by atoms with E-state index in [1.54, 1.807) is 37.2 Å². The van der Waals surface area contributed by atoms with Gasteiger partial charge in [-0.05, 0) is 65.0 Å². The smallest absolute Gasteiger partial charge is 0.153 e. The SMILES string of the molecule is N=C(CN=Cc1ccncc1)c1nonc1CCCc1nonc1C(=N)CN=Cc1ccncc1. The molecule has 0 radical (unpaired) electrons. The Labute approximate surface area is 200 Å². The summed E-state index contributed by atoms with van der Waals surface area (Å²) in [7, 11) is 0. The molecule has 176 valence electrons. The molecule has 0 bridgehead atoms. The number of aryl methyl sites for hydroxylation is 2. The standard InChI is InChI=1S/C23H22N10O2/c24-18(14-28-12-16-4-8-26-9-5-16)22-20(30-34-32-22)2-1-3-21-23(33-35-31-21)19(25)15-29-13-17-6-10-27-11-7-17/h4-13,24-25H,1-3,14-15H2. The largest absolute Gasteiger partial charge is 0.301 e. The van der Waals surface area contributed by atoms with Gasteiger partial charge in [-0.3, -0.25) is 20.0 Å². The predicted octanol–water partition coefficient (Wildman–Crippen LogP) is 2.39. The quantitative estimate of drug-likeness (QED) is 0.296. The molecule has 12 heteroatoms. The first-order valence-corrected chi connectivity index (χ1v) is 10.8. The third-order valence-electron chi connectivity index (χ3n) is 4.90. The van der Waals surface area contributed by atoms with E-state index in [1.807, 2.05) is 24.3 Å². The second kappa shape index (κ2) is 11.9. The summed E-state index contributed by atoms with van der Waals surface area (Å²) in [5, 5.41) is 32.2. The van der Waals surface area contributed by atoms with Crippen LogP contribution in [0.15, 0.2) is 68.3 Å². The van der Waals surface area contributed by atoms with Crippen molar-refractivity contribution in [3.8, 4) is 0 Å². The van der Waals surface area contributed by atoms with Gasteiger partial charge in [-0.2, -0.15) is 0 Å². The number of pyridine rings is 2. The first-order chi connectivity index (χ1) is 17.2. The summed E-state index contributed by atoms with van der Waals surface area (Å²) in [5.74, 6) is 0. The van der Waals surface area contributed by atoms with E-state index in [1.165, 1.54) is 0 Å². The molecule has 0 aliphatic rings. The zero-order chi connectivity index (χ0) is 24.3. The van der Waals surface area contributed by atoms with Crippen LogP contribution >= 0.6 is 0 Å². The van der Waals surface area contributed by atoms with Gasteiger partial charge in [-0.1, -0.05) is 10.3 Å². The van der Waals surface area contributed by atoms with Crippen LogP contribution in [0, 0.1) is 10.8 Å². The minimum Gasteiger partial charge on any atom is -0.301 e. The maximum atomic E-state index is 8.27. The average Bonchev–Trinajstić information content (AvgIpc) is 3.55. The lowest BCUT2D eigenvalue weighted by Crippen LogP contribution is -2.10. The molecule has 0 saturated carbocycles. The average molecular weight is 470 g/mol. The van der Waals surface area contributed by atoms with Gasteiger partial charge in [0.25, 0.3) is 0 Å². The number of aromatic nitrogens is 6. The Morgan fingerprint density at radius 3 is 1.54 bits per heavy atom. The molecule has 12 nitrogen and oxygen atoms in total. The van der Waals surface area contributed by atoms with Crippen molar-refractivity contribution >= 4 is 23.9 Å². The van der Waals surface area contributed by atoms with E-state index in [4.69, 9.17) is 20.1 Å². The van der Waals surface area contributed by atoms with Crippen molar-refractivity contribution in [2.24, 2.45) is 9.98 Å². The summed E-state index contributed by atoms with van der Waals surface area (Å²) in [6, 6.07) is 7.32. The van der Waals surface area contributed by atoms with Crippen LogP contribution in [0.25, 0.3) is 0 Å². The zero-order valence-corrected chi connectivity index (χ0v) is 18.7. The highest BCUT2D eigenvalue weighted by Crippen LogP contribution is 2.12. The first-order valence-electron chi connectivity index (χ1n) is 10.8. The lowest BCUT2D eigenvalue weighted by molar-refractivity contribution is 0.300. The Kier molecular flexibility index (Phi) is 7.98. The van der Waals surface area contributed by atoms with E-state index < -0.39 is 0 Å². The van der Waals surface area contributed by atoms with Crippen molar-refractivity contribution in [2.75, 3.05) is 13.1 Å². The minimum absolute atomic E-state index is 0.151. The normalized spacial score (nSPS) is 11.4. The van der Waals surface area contributed by atoms with Crippen LogP contribution in [0.4, 0.5) is 0 Å². The van der Waals surface area contributed by atoms with Gasteiger partial charge in [0.2, 0.25) is 0 Å². The number of nitrogens with zero attached hydrogens (tertiary/aromatic N) is 8. The van der Waals surface area contributed by atoms with Gasteiger partial charge in [-0.25, -0.2) is 9.26 Å². The van der Waals surface area contributed by atoms with Crippen molar-refractivity contribution in [1.29, 1.82) is 10.8 Å². The Bertz CT molecular complexity index is 1210. The van der Waals surface area contributed by atoms with Crippen LogP contribution in [-0.2, 0) is 12.8 Å². The molecule has 0 saturated heterocycles. The van der Waals surface area contributed by atoms with E-state index in [-0.39, 0.29) is 24.5 Å². The van der Waals surface area contributed by atoms with Gasteiger partial charge < -0.3 is 10.8 Å². The molecule has 0 atom stereocenters. The van der Waals surface area contributed by atoms with Crippen molar-refractivity contribution < 1.29 is 9.26 Å². The maximum Gasteiger partial charge on any atom is 0.153 e. The van der Waals surface area contributed by atoms with Gasteiger partial charge in [-0.15, -0.1) is 0 Å². The lowest BCUT2D eigenvalue weighted by atomic mass is 10.1. The summed E-state index contributed by atoms with van der Waals surface area (Å²) in [4.78, 5) is 16.5. The third kappa shape index (κ3) is 6.63. The Morgan fingerprint density at radius 1 is 0.686 bits per heavy atom. The van der Waals surface area contributed by atoms with Crippen LogP contribution in [0.5, 0.6) is 0 Å². The van der Waals surface area contributed by atoms with Gasteiger partial charge in [0, 0.05) is 37.2 Å². The molecule has 4 heterocycles. The van der Waals surface area contributed by atoms with E-state index in [0.29, 0.717) is 42.0 Å². The summed E-state index contributed by atoms with van der Waals surface area (Å²) in [6.07, 6.45) is 11.7. The Hall–Kier alpha value is -4.74. The minimum atomic E-state index is 0.151. The fourth-order valence-corrected chi connectivity index (χ4v) is 3.16. The summed E-state index contributed by atoms with van der Waals surface area (Å²) in [6.45, 7) is 0.302. The Balaban J connectivity index is 1.28. The zero-order valence-electron chi connectivity index (χ0n) is 18.7. The third-order valence-corrected chi connectivity index (χ3v) is 4.90. The van der Waals surface area contributed by atoms with Crippen LogP contribution in [0.3, 0.4) is 0 Å². The fraction of sp³-hybridized carbons (Fsp3) is 0.217. The molecule has 0 aliphatic heterocycles. The molecule has 0 spiro atoms. The van der Waals surface area contributed by atoms with Crippen LogP contribution in [-0.4, -0.2) is 67.5 Å². The Morgan fingerprint density at radius 2 is 1.11 bits per heavy atom. The number of rotatable bonds is 12.